The topological polar surface area (TPSA) is 67.0 Å². The minimum Gasteiger partial charge on any atom is -0.378 e. The number of carbonyl (C=O) groups excluding carboxylic acids is 1. The molecule has 2 heterocycles. The highest BCUT2D eigenvalue weighted by molar-refractivity contribution is 6.04. The molecule has 19 heavy (non-hydrogen) atoms. The lowest BCUT2D eigenvalue weighted by Gasteiger charge is -2.27. The Hall–Kier alpha value is -1.88. The van der Waals surface area contributed by atoms with Gasteiger partial charge in [0.2, 0.25) is 0 Å². The first kappa shape index (κ1) is 12.2. The minimum atomic E-state index is -0.114. The van der Waals surface area contributed by atoms with Crippen LogP contribution >= 0.6 is 0 Å². The van der Waals surface area contributed by atoms with Crippen molar-refractivity contribution in [2.45, 2.75) is 31.9 Å². The summed E-state index contributed by atoms with van der Waals surface area (Å²) < 4.78 is 5.48. The molecule has 1 aromatic carbocycles. The quantitative estimate of drug-likeness (QED) is 0.865. The highest BCUT2D eigenvalue weighted by atomic mass is 16.5. The first-order chi connectivity index (χ1) is 9.24. The lowest BCUT2D eigenvalue weighted by atomic mass is 10.0. The second-order valence-corrected chi connectivity index (χ2v) is 4.99. The van der Waals surface area contributed by atoms with Crippen molar-refractivity contribution >= 4 is 16.8 Å². The number of ether oxygens (including phenoxy) is 1. The maximum atomic E-state index is 12.3. The van der Waals surface area contributed by atoms with Crippen molar-refractivity contribution in [3.63, 3.8) is 0 Å². The van der Waals surface area contributed by atoms with Crippen LogP contribution in [0.1, 0.15) is 30.3 Å². The SMILES string of the molecule is CC1CC(NC(=O)c2n[nH]c3ccccc23)CCO1. The first-order valence-electron chi connectivity index (χ1n) is 6.59. The number of rotatable bonds is 2. The molecule has 2 aromatic rings. The average Bonchev–Trinajstić information content (AvgIpc) is 2.82. The molecule has 2 unspecified atom stereocenters. The number of hydrogen-bond donors (Lipinski definition) is 2. The number of para-hydroxylation sites is 1. The predicted molar refractivity (Wildman–Crippen MR) is 72.0 cm³/mol. The molecule has 0 spiro atoms. The molecule has 1 fully saturated rings. The van der Waals surface area contributed by atoms with Crippen LogP contribution in [0.5, 0.6) is 0 Å². The molecule has 1 aliphatic heterocycles. The molecule has 2 N–H and O–H groups in total. The second kappa shape index (κ2) is 5.01. The summed E-state index contributed by atoms with van der Waals surface area (Å²) in [5.41, 5.74) is 1.35. The highest BCUT2D eigenvalue weighted by Crippen LogP contribution is 2.17. The van der Waals surface area contributed by atoms with E-state index in [1.54, 1.807) is 0 Å². The third-order valence-corrected chi connectivity index (χ3v) is 3.51. The van der Waals surface area contributed by atoms with Crippen molar-refractivity contribution in [3.8, 4) is 0 Å². The number of aromatic amines is 1. The fourth-order valence-corrected chi connectivity index (χ4v) is 2.52. The Labute approximate surface area is 111 Å². The van der Waals surface area contributed by atoms with E-state index in [2.05, 4.69) is 15.5 Å². The van der Waals surface area contributed by atoms with Crippen molar-refractivity contribution in [2.24, 2.45) is 0 Å². The van der Waals surface area contributed by atoms with Crippen LogP contribution in [0.15, 0.2) is 24.3 Å². The van der Waals surface area contributed by atoms with Gasteiger partial charge in [0, 0.05) is 18.0 Å². The maximum Gasteiger partial charge on any atom is 0.272 e. The molecule has 2 atom stereocenters. The molecule has 1 aromatic heterocycles. The van der Waals surface area contributed by atoms with Crippen molar-refractivity contribution in [3.05, 3.63) is 30.0 Å². The Morgan fingerprint density at radius 3 is 3.16 bits per heavy atom. The van der Waals surface area contributed by atoms with Gasteiger partial charge in [0.05, 0.1) is 11.6 Å². The molecule has 1 aliphatic rings. The standard InChI is InChI=1S/C14H17N3O2/c1-9-8-10(6-7-19-9)15-14(18)13-11-4-2-3-5-12(11)16-17-13/h2-5,9-10H,6-8H2,1H3,(H,15,18)(H,16,17). The first-order valence-corrected chi connectivity index (χ1v) is 6.59. The van der Waals surface area contributed by atoms with Gasteiger partial charge in [0.25, 0.3) is 5.91 Å². The van der Waals surface area contributed by atoms with E-state index in [0.717, 1.165) is 23.7 Å². The third-order valence-electron chi connectivity index (χ3n) is 3.51. The summed E-state index contributed by atoms with van der Waals surface area (Å²) in [6.07, 6.45) is 1.92. The lowest BCUT2D eigenvalue weighted by Crippen LogP contribution is -2.41. The summed E-state index contributed by atoms with van der Waals surface area (Å²) in [4.78, 5) is 12.3. The number of fused-ring (bicyclic) bond motifs is 1. The van der Waals surface area contributed by atoms with Gasteiger partial charge in [-0.15, -0.1) is 0 Å². The van der Waals surface area contributed by atoms with Crippen molar-refractivity contribution < 1.29 is 9.53 Å². The van der Waals surface area contributed by atoms with E-state index in [-0.39, 0.29) is 18.1 Å². The number of nitrogens with one attached hydrogen (secondary N) is 2. The molecule has 3 rings (SSSR count). The molecule has 0 bridgehead atoms. The van der Waals surface area contributed by atoms with Gasteiger partial charge in [0.15, 0.2) is 5.69 Å². The number of amides is 1. The van der Waals surface area contributed by atoms with Crippen LogP contribution in [-0.2, 0) is 4.74 Å². The number of benzene rings is 1. The Morgan fingerprint density at radius 2 is 2.32 bits per heavy atom. The van der Waals surface area contributed by atoms with E-state index < -0.39 is 0 Å². The highest BCUT2D eigenvalue weighted by Gasteiger charge is 2.23. The van der Waals surface area contributed by atoms with Gasteiger partial charge in [-0.3, -0.25) is 9.89 Å². The van der Waals surface area contributed by atoms with Crippen LogP contribution in [0.2, 0.25) is 0 Å². The summed E-state index contributed by atoms with van der Waals surface area (Å²) in [6, 6.07) is 7.82. The zero-order valence-corrected chi connectivity index (χ0v) is 10.8. The molecule has 0 saturated carbocycles. The van der Waals surface area contributed by atoms with E-state index in [1.165, 1.54) is 0 Å². The number of carbonyl (C=O) groups is 1. The zero-order chi connectivity index (χ0) is 13.2. The van der Waals surface area contributed by atoms with Crippen LogP contribution in [0.4, 0.5) is 0 Å². The van der Waals surface area contributed by atoms with E-state index in [1.807, 2.05) is 31.2 Å². The van der Waals surface area contributed by atoms with Gasteiger partial charge >= 0.3 is 0 Å². The summed E-state index contributed by atoms with van der Waals surface area (Å²) in [7, 11) is 0. The predicted octanol–water partition coefficient (Wildman–Crippen LogP) is 1.86. The van der Waals surface area contributed by atoms with Gasteiger partial charge in [0.1, 0.15) is 0 Å². The number of aromatic nitrogens is 2. The average molecular weight is 259 g/mol. The van der Waals surface area contributed by atoms with Gasteiger partial charge in [-0.2, -0.15) is 5.10 Å². The molecule has 100 valence electrons. The van der Waals surface area contributed by atoms with Gasteiger partial charge < -0.3 is 10.1 Å². The Morgan fingerprint density at radius 1 is 1.47 bits per heavy atom. The molecule has 0 radical (unpaired) electrons. The molecular formula is C14H17N3O2. The summed E-state index contributed by atoms with van der Waals surface area (Å²) in [6.45, 7) is 2.73. The maximum absolute atomic E-state index is 12.3. The van der Waals surface area contributed by atoms with Crippen LogP contribution in [0.3, 0.4) is 0 Å². The van der Waals surface area contributed by atoms with Crippen molar-refractivity contribution in [1.82, 2.24) is 15.5 Å². The van der Waals surface area contributed by atoms with Crippen molar-refractivity contribution in [2.75, 3.05) is 6.61 Å². The fraction of sp³-hybridized carbons (Fsp3) is 0.429. The number of hydrogen-bond acceptors (Lipinski definition) is 3. The van der Waals surface area contributed by atoms with Gasteiger partial charge in [-0.1, -0.05) is 18.2 Å². The lowest BCUT2D eigenvalue weighted by molar-refractivity contribution is 0.0136. The number of H-pyrrole nitrogens is 1. The summed E-state index contributed by atoms with van der Waals surface area (Å²) >= 11 is 0. The van der Waals surface area contributed by atoms with E-state index >= 15 is 0 Å². The molecule has 5 nitrogen and oxygen atoms in total. The van der Waals surface area contributed by atoms with E-state index in [0.29, 0.717) is 12.3 Å². The molecule has 1 amide bonds. The fourth-order valence-electron chi connectivity index (χ4n) is 2.52. The molecule has 0 aliphatic carbocycles. The third kappa shape index (κ3) is 2.46. The van der Waals surface area contributed by atoms with Crippen LogP contribution in [0.25, 0.3) is 10.9 Å². The summed E-state index contributed by atoms with van der Waals surface area (Å²) in [5.74, 6) is -0.114. The second-order valence-electron chi connectivity index (χ2n) is 4.99. The molecule has 5 heteroatoms. The van der Waals surface area contributed by atoms with Crippen molar-refractivity contribution in [1.29, 1.82) is 0 Å². The van der Waals surface area contributed by atoms with Gasteiger partial charge in [-0.25, -0.2) is 0 Å². The zero-order valence-electron chi connectivity index (χ0n) is 10.8. The Bertz CT molecular complexity index is 593. The molecule has 1 saturated heterocycles. The Balaban J connectivity index is 1.76. The number of nitrogens with zero attached hydrogens (tertiary/aromatic N) is 1. The monoisotopic (exact) mass is 259 g/mol. The smallest absolute Gasteiger partial charge is 0.272 e. The van der Waals surface area contributed by atoms with E-state index in [9.17, 15) is 4.79 Å². The molecular weight excluding hydrogens is 242 g/mol. The Kier molecular flexibility index (Phi) is 3.21. The van der Waals surface area contributed by atoms with Crippen LogP contribution < -0.4 is 5.32 Å². The van der Waals surface area contributed by atoms with Gasteiger partial charge in [-0.05, 0) is 25.8 Å². The van der Waals surface area contributed by atoms with Crippen LogP contribution in [0, 0.1) is 0 Å². The largest absolute Gasteiger partial charge is 0.378 e. The normalized spacial score (nSPS) is 23.4. The summed E-state index contributed by atoms with van der Waals surface area (Å²) in [5, 5.41) is 10.9. The van der Waals surface area contributed by atoms with E-state index in [4.69, 9.17) is 4.74 Å². The van der Waals surface area contributed by atoms with Crippen LogP contribution in [-0.4, -0.2) is 34.9 Å². The minimum absolute atomic E-state index is 0.114.